The summed E-state index contributed by atoms with van der Waals surface area (Å²) in [7, 11) is 1.61. The molecule has 1 N–H and O–H groups in total. The van der Waals surface area contributed by atoms with Gasteiger partial charge in [-0.05, 0) is 79.6 Å². The first-order chi connectivity index (χ1) is 16.6. The number of thioether (sulfide) groups is 1. The molecule has 1 unspecified atom stereocenters. The van der Waals surface area contributed by atoms with Gasteiger partial charge < -0.3 is 14.7 Å². The van der Waals surface area contributed by atoms with Crippen molar-refractivity contribution >= 4 is 34.3 Å². The molecule has 3 atom stereocenters. The molecule has 4 nitrogen and oxygen atoms in total. The summed E-state index contributed by atoms with van der Waals surface area (Å²) in [6.45, 7) is 2.94. The van der Waals surface area contributed by atoms with Gasteiger partial charge >= 0.3 is 0 Å². The average molecular weight is 503 g/mol. The molecule has 34 heavy (non-hydrogen) atoms. The van der Waals surface area contributed by atoms with E-state index in [-0.39, 0.29) is 12.5 Å². The number of rotatable bonds is 10. The first-order valence-electron chi connectivity index (χ1n) is 11.9. The minimum atomic E-state index is -1.07. The Hall–Kier alpha value is -1.86. The van der Waals surface area contributed by atoms with Crippen molar-refractivity contribution in [3.8, 4) is 5.75 Å². The fourth-order valence-electron chi connectivity index (χ4n) is 4.86. The van der Waals surface area contributed by atoms with Crippen LogP contribution in [-0.4, -0.2) is 54.1 Å². The number of aliphatic hydroxyl groups excluding tert-OH is 1. The summed E-state index contributed by atoms with van der Waals surface area (Å²) in [6.07, 6.45) is 2.80. The molecule has 7 heteroatoms. The average Bonchev–Trinajstić information content (AvgIpc) is 2.88. The van der Waals surface area contributed by atoms with Gasteiger partial charge in [-0.1, -0.05) is 23.7 Å². The highest BCUT2D eigenvalue weighted by Crippen LogP contribution is 2.35. The first-order valence-corrected chi connectivity index (χ1v) is 13.2. The summed E-state index contributed by atoms with van der Waals surface area (Å²) in [5.41, 5.74) is 1.44. The van der Waals surface area contributed by atoms with E-state index < -0.39 is 6.17 Å². The highest BCUT2D eigenvalue weighted by Gasteiger charge is 2.29. The van der Waals surface area contributed by atoms with Gasteiger partial charge in [-0.15, -0.1) is 11.8 Å². The lowest BCUT2D eigenvalue weighted by Crippen LogP contribution is -2.43. The van der Waals surface area contributed by atoms with E-state index in [0.717, 1.165) is 59.0 Å². The van der Waals surface area contributed by atoms with Crippen LogP contribution < -0.4 is 4.74 Å². The molecule has 0 aliphatic carbocycles. The maximum absolute atomic E-state index is 15.4. The molecular formula is C27H32ClFN2O2S. The second-order valence-electron chi connectivity index (χ2n) is 8.90. The predicted molar refractivity (Wildman–Crippen MR) is 139 cm³/mol. The molecule has 1 aliphatic rings. The number of piperidine rings is 1. The number of nitrogens with zero attached hydrogens (tertiary/aromatic N) is 2. The smallest absolute Gasteiger partial charge is 0.126 e. The molecule has 4 rings (SSSR count). The number of methoxy groups -OCH3 is 1. The maximum atomic E-state index is 15.4. The third-order valence-electron chi connectivity index (χ3n) is 6.82. The summed E-state index contributed by atoms with van der Waals surface area (Å²) in [5, 5.41) is 11.6. The third-order valence-corrected chi connectivity index (χ3v) is 8.32. The van der Waals surface area contributed by atoms with Crippen LogP contribution in [0.1, 0.15) is 31.0 Å². The highest BCUT2D eigenvalue weighted by molar-refractivity contribution is 7.99. The normalized spacial score (nSPS) is 19.9. The summed E-state index contributed by atoms with van der Waals surface area (Å²) >= 11 is 8.02. The number of alkyl halides is 1. The van der Waals surface area contributed by atoms with Gasteiger partial charge in [0.15, 0.2) is 0 Å². The van der Waals surface area contributed by atoms with Crippen molar-refractivity contribution in [1.29, 1.82) is 0 Å². The number of aromatic nitrogens is 1. The predicted octanol–water partition coefficient (Wildman–Crippen LogP) is 6.41. The zero-order valence-electron chi connectivity index (χ0n) is 19.5. The summed E-state index contributed by atoms with van der Waals surface area (Å²) in [4.78, 5) is 7.88. The molecule has 0 saturated carbocycles. The van der Waals surface area contributed by atoms with Crippen LogP contribution in [0.5, 0.6) is 5.75 Å². The molecule has 1 aromatic heterocycles. The highest BCUT2D eigenvalue weighted by atomic mass is 35.5. The summed E-state index contributed by atoms with van der Waals surface area (Å²) in [5.74, 6) is 2.17. The van der Waals surface area contributed by atoms with Crippen molar-refractivity contribution in [3.63, 3.8) is 0 Å². The largest absolute Gasteiger partial charge is 0.497 e. The summed E-state index contributed by atoms with van der Waals surface area (Å²) < 4.78 is 20.7. The minimum Gasteiger partial charge on any atom is -0.497 e. The van der Waals surface area contributed by atoms with E-state index in [2.05, 4.69) is 9.88 Å². The quantitative estimate of drug-likeness (QED) is 0.324. The van der Waals surface area contributed by atoms with Crippen LogP contribution in [0.2, 0.25) is 5.02 Å². The van der Waals surface area contributed by atoms with E-state index in [1.54, 1.807) is 31.1 Å². The Labute approximate surface area is 210 Å². The first kappa shape index (κ1) is 25.2. The topological polar surface area (TPSA) is 45.6 Å². The number of benzene rings is 2. The second-order valence-corrected chi connectivity index (χ2v) is 10.4. The molecule has 1 fully saturated rings. The van der Waals surface area contributed by atoms with Gasteiger partial charge in [0.05, 0.1) is 17.6 Å². The third kappa shape index (κ3) is 6.22. The van der Waals surface area contributed by atoms with Gasteiger partial charge in [-0.25, -0.2) is 4.39 Å². The van der Waals surface area contributed by atoms with Crippen LogP contribution in [0.3, 0.4) is 0 Å². The molecule has 0 radical (unpaired) electrons. The molecule has 182 valence electrons. The van der Waals surface area contributed by atoms with Crippen LogP contribution in [-0.2, 0) is 0 Å². The number of hydrogen-bond acceptors (Lipinski definition) is 5. The molecule has 2 aromatic carbocycles. The number of aliphatic hydroxyl groups is 1. The Balaban J connectivity index is 1.30. The van der Waals surface area contributed by atoms with Crippen LogP contribution in [0.15, 0.2) is 59.6 Å². The van der Waals surface area contributed by atoms with Crippen LogP contribution in [0.25, 0.3) is 10.9 Å². The Bertz CT molecular complexity index is 1090. The van der Waals surface area contributed by atoms with E-state index in [0.29, 0.717) is 23.7 Å². The van der Waals surface area contributed by atoms with Gasteiger partial charge in [-0.2, -0.15) is 0 Å². The lowest BCUT2D eigenvalue weighted by molar-refractivity contribution is 0.0672. The Morgan fingerprint density at radius 1 is 1.24 bits per heavy atom. The van der Waals surface area contributed by atoms with E-state index in [1.165, 1.54) is 0 Å². The monoisotopic (exact) mass is 502 g/mol. The van der Waals surface area contributed by atoms with Crippen LogP contribution in [0, 0.1) is 11.8 Å². The molecule has 0 spiro atoms. The number of halogens is 2. The zero-order valence-corrected chi connectivity index (χ0v) is 21.1. The number of ether oxygens (including phenoxy) is 1. The summed E-state index contributed by atoms with van der Waals surface area (Å²) in [6, 6.07) is 15.3. The van der Waals surface area contributed by atoms with E-state index in [9.17, 15) is 5.11 Å². The number of likely N-dealkylation sites (tertiary alicyclic amines) is 1. The van der Waals surface area contributed by atoms with Gasteiger partial charge in [-0.3, -0.25) is 4.98 Å². The zero-order chi connectivity index (χ0) is 23.9. The molecule has 1 aliphatic heterocycles. The molecule has 3 aromatic rings. The molecule has 1 saturated heterocycles. The van der Waals surface area contributed by atoms with Crippen LogP contribution >= 0.6 is 23.4 Å². The maximum Gasteiger partial charge on any atom is 0.126 e. The Morgan fingerprint density at radius 3 is 2.88 bits per heavy atom. The van der Waals surface area contributed by atoms with E-state index in [1.807, 2.05) is 42.5 Å². The Morgan fingerprint density at radius 2 is 2.09 bits per heavy atom. The van der Waals surface area contributed by atoms with Gasteiger partial charge in [0.1, 0.15) is 11.9 Å². The van der Waals surface area contributed by atoms with Crippen molar-refractivity contribution in [2.24, 2.45) is 11.8 Å². The minimum absolute atomic E-state index is 0.144. The standard InChI is InChI=1S/C27H32ClFN2O2S/c1-33-21-7-9-26-23(16-21)22(10-12-30-26)25(29)8-6-19-11-13-31(17-20(19)18-32)14-15-34-27-5-3-2-4-24(27)28/h2-5,7,9-10,12,16,19-20,25,32H,6,8,11,13-15,17-18H2,1H3/t19-,20-,25?/m1/s1. The van der Waals surface area contributed by atoms with Crippen molar-refractivity contribution in [2.45, 2.75) is 30.3 Å². The molecule has 0 amide bonds. The van der Waals surface area contributed by atoms with Crippen molar-refractivity contribution in [1.82, 2.24) is 9.88 Å². The van der Waals surface area contributed by atoms with Gasteiger partial charge in [0, 0.05) is 41.9 Å². The number of fused-ring (bicyclic) bond motifs is 1. The SMILES string of the molecule is COc1ccc2nccc(C(F)CC[C@@H]3CCN(CCSc4ccccc4Cl)C[C@@H]3CO)c2c1. The Kier molecular flexibility index (Phi) is 9.06. The fraction of sp³-hybridized carbons (Fsp3) is 0.444. The van der Waals surface area contributed by atoms with Gasteiger partial charge in [0.2, 0.25) is 0 Å². The van der Waals surface area contributed by atoms with Crippen molar-refractivity contribution in [3.05, 3.63) is 65.3 Å². The lowest BCUT2D eigenvalue weighted by Gasteiger charge is -2.38. The number of hydrogen-bond donors (Lipinski definition) is 1. The van der Waals surface area contributed by atoms with Crippen molar-refractivity contribution in [2.75, 3.05) is 39.1 Å². The van der Waals surface area contributed by atoms with Gasteiger partial charge in [0.25, 0.3) is 0 Å². The molecule has 2 heterocycles. The fourth-order valence-corrected chi connectivity index (χ4v) is 6.10. The van der Waals surface area contributed by atoms with Crippen molar-refractivity contribution < 1.29 is 14.2 Å². The lowest BCUT2D eigenvalue weighted by atomic mass is 9.81. The van der Waals surface area contributed by atoms with E-state index in [4.69, 9.17) is 16.3 Å². The number of pyridine rings is 1. The molecular weight excluding hydrogens is 471 g/mol. The van der Waals surface area contributed by atoms with E-state index >= 15 is 4.39 Å². The second kappa shape index (κ2) is 12.2. The van der Waals surface area contributed by atoms with Crippen LogP contribution in [0.4, 0.5) is 4.39 Å². The molecule has 0 bridgehead atoms.